The summed E-state index contributed by atoms with van der Waals surface area (Å²) in [6.07, 6.45) is 1.06. The maximum absolute atomic E-state index is 8.72. The SMILES string of the molecule is CC(C)N(C)CCCNc1cccc(C#N)n1. The minimum atomic E-state index is 0.453. The monoisotopic (exact) mass is 232 g/mol. The first-order chi connectivity index (χ1) is 8.13. The minimum Gasteiger partial charge on any atom is -0.370 e. The number of anilines is 1. The van der Waals surface area contributed by atoms with Crippen molar-refractivity contribution in [1.29, 1.82) is 5.26 Å². The Morgan fingerprint density at radius 2 is 2.24 bits per heavy atom. The van der Waals surface area contributed by atoms with Crippen LogP contribution in [-0.2, 0) is 0 Å². The fraction of sp³-hybridized carbons (Fsp3) is 0.538. The van der Waals surface area contributed by atoms with E-state index in [0.29, 0.717) is 11.7 Å². The minimum absolute atomic E-state index is 0.453. The normalized spacial score (nSPS) is 10.6. The van der Waals surface area contributed by atoms with Gasteiger partial charge in [-0.3, -0.25) is 0 Å². The molecule has 0 atom stereocenters. The molecule has 4 nitrogen and oxygen atoms in total. The summed E-state index contributed by atoms with van der Waals surface area (Å²) in [6, 6.07) is 8.04. The molecule has 1 aromatic rings. The molecule has 1 heterocycles. The standard InChI is InChI=1S/C13H20N4/c1-11(2)17(3)9-5-8-15-13-7-4-6-12(10-14)16-13/h4,6-7,11H,5,8-9H2,1-3H3,(H,15,16). The van der Waals surface area contributed by atoms with Crippen molar-refractivity contribution in [3.8, 4) is 6.07 Å². The average molecular weight is 232 g/mol. The van der Waals surface area contributed by atoms with Crippen LogP contribution in [0.3, 0.4) is 0 Å². The molecule has 0 aliphatic carbocycles. The third-order valence-corrected chi connectivity index (χ3v) is 2.74. The Bertz CT molecular complexity index is 381. The van der Waals surface area contributed by atoms with E-state index in [2.05, 4.69) is 36.1 Å². The van der Waals surface area contributed by atoms with Gasteiger partial charge in [-0.15, -0.1) is 0 Å². The molecular weight excluding hydrogens is 212 g/mol. The average Bonchev–Trinajstić information content (AvgIpc) is 2.34. The molecule has 4 heteroatoms. The van der Waals surface area contributed by atoms with Crippen molar-refractivity contribution in [2.24, 2.45) is 0 Å². The Morgan fingerprint density at radius 1 is 1.47 bits per heavy atom. The van der Waals surface area contributed by atoms with Gasteiger partial charge < -0.3 is 10.2 Å². The van der Waals surface area contributed by atoms with Gasteiger partial charge in [-0.2, -0.15) is 5.26 Å². The second kappa shape index (κ2) is 6.87. The lowest BCUT2D eigenvalue weighted by molar-refractivity contribution is 0.273. The Hall–Kier alpha value is -1.60. The predicted octanol–water partition coefficient (Wildman–Crippen LogP) is 2.10. The molecule has 0 bridgehead atoms. The maximum Gasteiger partial charge on any atom is 0.142 e. The van der Waals surface area contributed by atoms with Crippen LogP contribution in [0.2, 0.25) is 0 Å². The van der Waals surface area contributed by atoms with E-state index in [4.69, 9.17) is 5.26 Å². The molecule has 1 N–H and O–H groups in total. The number of nitriles is 1. The molecule has 0 aliphatic heterocycles. The largest absolute Gasteiger partial charge is 0.370 e. The second-order valence-corrected chi connectivity index (χ2v) is 4.37. The Morgan fingerprint density at radius 3 is 2.88 bits per heavy atom. The number of nitrogens with zero attached hydrogens (tertiary/aromatic N) is 3. The van der Waals surface area contributed by atoms with Crippen LogP contribution in [-0.4, -0.2) is 36.1 Å². The number of hydrogen-bond donors (Lipinski definition) is 1. The highest BCUT2D eigenvalue weighted by atomic mass is 15.1. The van der Waals surface area contributed by atoms with Crippen LogP contribution in [0, 0.1) is 11.3 Å². The van der Waals surface area contributed by atoms with Gasteiger partial charge in [-0.25, -0.2) is 4.98 Å². The number of hydrogen-bond acceptors (Lipinski definition) is 4. The van der Waals surface area contributed by atoms with E-state index in [-0.39, 0.29) is 0 Å². The van der Waals surface area contributed by atoms with Crippen LogP contribution >= 0.6 is 0 Å². The van der Waals surface area contributed by atoms with Crippen molar-refractivity contribution in [3.63, 3.8) is 0 Å². The van der Waals surface area contributed by atoms with Crippen molar-refractivity contribution in [3.05, 3.63) is 23.9 Å². The molecule has 0 spiro atoms. The predicted molar refractivity (Wildman–Crippen MR) is 69.8 cm³/mol. The van der Waals surface area contributed by atoms with Gasteiger partial charge in [0, 0.05) is 12.6 Å². The molecule has 0 aliphatic rings. The Labute approximate surface area is 103 Å². The van der Waals surface area contributed by atoms with Crippen molar-refractivity contribution in [2.75, 3.05) is 25.5 Å². The first kappa shape index (κ1) is 13.5. The fourth-order valence-electron chi connectivity index (χ4n) is 1.40. The highest BCUT2D eigenvalue weighted by molar-refractivity contribution is 5.38. The summed E-state index contributed by atoms with van der Waals surface area (Å²) < 4.78 is 0. The molecule has 0 saturated carbocycles. The van der Waals surface area contributed by atoms with Gasteiger partial charge in [-0.1, -0.05) is 6.07 Å². The Kier molecular flexibility index (Phi) is 5.44. The molecule has 17 heavy (non-hydrogen) atoms. The highest BCUT2D eigenvalue weighted by Crippen LogP contribution is 2.04. The van der Waals surface area contributed by atoms with Crippen LogP contribution in [0.5, 0.6) is 0 Å². The topological polar surface area (TPSA) is 52.0 Å². The summed E-state index contributed by atoms with van der Waals surface area (Å²) in [5.74, 6) is 0.774. The van der Waals surface area contributed by atoms with E-state index in [9.17, 15) is 0 Å². The molecule has 0 fully saturated rings. The number of pyridine rings is 1. The van der Waals surface area contributed by atoms with Crippen molar-refractivity contribution < 1.29 is 0 Å². The van der Waals surface area contributed by atoms with Crippen LogP contribution in [0.15, 0.2) is 18.2 Å². The van der Waals surface area contributed by atoms with Gasteiger partial charge in [-0.05, 0) is 46.0 Å². The summed E-state index contributed by atoms with van der Waals surface area (Å²) in [5.41, 5.74) is 0.453. The smallest absolute Gasteiger partial charge is 0.142 e. The zero-order chi connectivity index (χ0) is 12.7. The van der Waals surface area contributed by atoms with Crippen LogP contribution in [0.25, 0.3) is 0 Å². The van der Waals surface area contributed by atoms with Crippen LogP contribution in [0.4, 0.5) is 5.82 Å². The number of rotatable bonds is 6. The molecule has 0 unspecified atom stereocenters. The molecular formula is C13H20N4. The van der Waals surface area contributed by atoms with Gasteiger partial charge in [0.1, 0.15) is 17.6 Å². The lowest BCUT2D eigenvalue weighted by atomic mass is 10.3. The first-order valence-corrected chi connectivity index (χ1v) is 5.94. The van der Waals surface area contributed by atoms with E-state index in [1.807, 2.05) is 18.2 Å². The zero-order valence-electron chi connectivity index (χ0n) is 10.8. The summed E-state index contributed by atoms with van der Waals surface area (Å²) in [6.45, 7) is 6.30. The summed E-state index contributed by atoms with van der Waals surface area (Å²) in [7, 11) is 2.12. The zero-order valence-corrected chi connectivity index (χ0v) is 10.8. The van der Waals surface area contributed by atoms with Crippen LogP contribution in [0.1, 0.15) is 26.0 Å². The van der Waals surface area contributed by atoms with Gasteiger partial charge in [0.25, 0.3) is 0 Å². The fourth-order valence-corrected chi connectivity index (χ4v) is 1.40. The van der Waals surface area contributed by atoms with Gasteiger partial charge in [0.15, 0.2) is 0 Å². The van der Waals surface area contributed by atoms with Gasteiger partial charge in [0.05, 0.1) is 0 Å². The highest BCUT2D eigenvalue weighted by Gasteiger charge is 2.02. The van der Waals surface area contributed by atoms with Gasteiger partial charge >= 0.3 is 0 Å². The van der Waals surface area contributed by atoms with E-state index in [1.54, 1.807) is 6.07 Å². The summed E-state index contributed by atoms with van der Waals surface area (Å²) >= 11 is 0. The van der Waals surface area contributed by atoms with E-state index in [0.717, 1.165) is 25.3 Å². The third kappa shape index (κ3) is 4.83. The lowest BCUT2D eigenvalue weighted by Crippen LogP contribution is -2.28. The molecule has 0 amide bonds. The van der Waals surface area contributed by atoms with Gasteiger partial charge in [0.2, 0.25) is 0 Å². The van der Waals surface area contributed by atoms with Crippen molar-refractivity contribution in [1.82, 2.24) is 9.88 Å². The van der Waals surface area contributed by atoms with E-state index in [1.165, 1.54) is 0 Å². The quantitative estimate of drug-likeness (QED) is 0.763. The molecule has 0 aromatic carbocycles. The van der Waals surface area contributed by atoms with Crippen molar-refractivity contribution in [2.45, 2.75) is 26.3 Å². The van der Waals surface area contributed by atoms with Crippen LogP contribution < -0.4 is 5.32 Å². The first-order valence-electron chi connectivity index (χ1n) is 5.94. The van der Waals surface area contributed by atoms with Crippen molar-refractivity contribution >= 4 is 5.82 Å². The molecule has 0 saturated heterocycles. The van der Waals surface area contributed by atoms with E-state index >= 15 is 0 Å². The molecule has 1 rings (SSSR count). The second-order valence-electron chi connectivity index (χ2n) is 4.37. The summed E-state index contributed by atoms with van der Waals surface area (Å²) in [5, 5.41) is 11.9. The molecule has 1 aromatic heterocycles. The summed E-state index contributed by atoms with van der Waals surface area (Å²) in [4.78, 5) is 6.46. The lowest BCUT2D eigenvalue weighted by Gasteiger charge is -2.20. The number of aromatic nitrogens is 1. The Balaban J connectivity index is 2.29. The third-order valence-electron chi connectivity index (χ3n) is 2.74. The molecule has 92 valence electrons. The maximum atomic E-state index is 8.72. The number of nitrogens with one attached hydrogen (secondary N) is 1. The van der Waals surface area contributed by atoms with E-state index < -0.39 is 0 Å². The molecule has 0 radical (unpaired) electrons.